The van der Waals surface area contributed by atoms with E-state index in [2.05, 4.69) is 19.4 Å². The predicted molar refractivity (Wildman–Crippen MR) is 130 cm³/mol. The molecule has 3 rings (SSSR count). The van der Waals surface area contributed by atoms with Gasteiger partial charge in [-0.1, -0.05) is 27.7 Å². The number of nitrogens with zero attached hydrogens (tertiary/aromatic N) is 4. The second kappa shape index (κ2) is 12.3. The van der Waals surface area contributed by atoms with Gasteiger partial charge in [0.2, 0.25) is 0 Å². The summed E-state index contributed by atoms with van der Waals surface area (Å²) >= 11 is 0. The molecule has 8 nitrogen and oxygen atoms in total. The molecule has 2 aromatic rings. The van der Waals surface area contributed by atoms with Crippen LogP contribution in [0.1, 0.15) is 80.7 Å². The maximum atomic E-state index is 14.2. The summed E-state index contributed by atoms with van der Waals surface area (Å²) in [4.78, 5) is 14.9. The summed E-state index contributed by atoms with van der Waals surface area (Å²) in [6, 6.07) is 2.19. The Bertz CT molecular complexity index is 1110. The topological polar surface area (TPSA) is 98.4 Å². The Labute approximate surface area is 230 Å². The van der Waals surface area contributed by atoms with Crippen molar-refractivity contribution >= 4 is 16.1 Å². The van der Waals surface area contributed by atoms with Crippen molar-refractivity contribution in [2.24, 2.45) is 7.05 Å². The van der Waals surface area contributed by atoms with Gasteiger partial charge < -0.3 is 9.52 Å². The monoisotopic (exact) mass is 515 g/mol. The van der Waals surface area contributed by atoms with E-state index >= 15 is 0 Å². The van der Waals surface area contributed by atoms with Crippen molar-refractivity contribution in [3.8, 4) is 0 Å². The van der Waals surface area contributed by atoms with Crippen molar-refractivity contribution in [3.05, 3.63) is 57.3 Å². The number of rotatable bonds is 8. The van der Waals surface area contributed by atoms with Crippen LogP contribution in [0.5, 0.6) is 0 Å². The fourth-order valence-electron chi connectivity index (χ4n) is 4.82. The molecule has 11 heteroatoms. The van der Waals surface area contributed by atoms with E-state index in [1.807, 2.05) is 48.0 Å². The number of amides is 1. The third-order valence-electron chi connectivity index (χ3n) is 6.33. The quantitative estimate of drug-likeness (QED) is 0.528. The molecule has 1 N–H and O–H groups in total. The van der Waals surface area contributed by atoms with Crippen LogP contribution in [0.25, 0.3) is 4.72 Å². The molecule has 2 atom stereocenters. The number of halogens is 1. The third kappa shape index (κ3) is 7.60. The molecule has 1 aliphatic heterocycles. The minimum absolute atomic E-state index is 0. The SMILES string of the molecule is CC(C)c1cc(F)cc(C(C)C)c1CC(=O)[N-]S(=O)(=O)NC1CCCN(C)C1c1cnn(C)c1.[Na+]. The molecule has 35 heavy (non-hydrogen) atoms. The van der Waals surface area contributed by atoms with Gasteiger partial charge in [0.25, 0.3) is 0 Å². The zero-order chi connectivity index (χ0) is 25.2. The van der Waals surface area contributed by atoms with Gasteiger partial charge in [0.1, 0.15) is 5.82 Å². The van der Waals surface area contributed by atoms with Crippen LogP contribution >= 0.6 is 0 Å². The van der Waals surface area contributed by atoms with Gasteiger partial charge in [-0.05, 0) is 67.1 Å². The normalized spacial score (nSPS) is 19.1. The molecule has 2 unspecified atom stereocenters. The molecular formula is C24H35FN5NaO3S. The average Bonchev–Trinajstić information content (AvgIpc) is 3.13. The van der Waals surface area contributed by atoms with Gasteiger partial charge in [0.15, 0.2) is 10.2 Å². The van der Waals surface area contributed by atoms with Crippen LogP contribution in [0, 0.1) is 5.82 Å². The molecule has 1 amide bonds. The maximum absolute atomic E-state index is 14.2. The Morgan fingerprint density at radius 2 is 1.80 bits per heavy atom. The molecule has 0 spiro atoms. The molecule has 1 aliphatic rings. The molecule has 2 heterocycles. The van der Waals surface area contributed by atoms with Crippen molar-refractivity contribution in [2.45, 2.75) is 70.9 Å². The number of carbonyl (C=O) groups is 1. The van der Waals surface area contributed by atoms with E-state index in [0.717, 1.165) is 18.5 Å². The number of carbonyl (C=O) groups excluding carboxylic acids is 1. The summed E-state index contributed by atoms with van der Waals surface area (Å²) in [5.41, 5.74) is 2.95. The molecule has 0 saturated carbocycles. The van der Waals surface area contributed by atoms with Crippen LogP contribution in [0.15, 0.2) is 24.5 Å². The number of aryl methyl sites for hydroxylation is 1. The van der Waals surface area contributed by atoms with Crippen molar-refractivity contribution in [2.75, 3.05) is 13.6 Å². The fourth-order valence-corrected chi connectivity index (χ4v) is 5.83. The van der Waals surface area contributed by atoms with Gasteiger partial charge in [0, 0.05) is 31.3 Å². The van der Waals surface area contributed by atoms with Crippen molar-refractivity contribution < 1.29 is 47.2 Å². The fraction of sp³-hybridized carbons (Fsp3) is 0.583. The molecular weight excluding hydrogens is 480 g/mol. The molecule has 1 saturated heterocycles. The number of nitrogens with one attached hydrogen (secondary N) is 1. The third-order valence-corrected chi connectivity index (χ3v) is 7.37. The van der Waals surface area contributed by atoms with Gasteiger partial charge in [-0.2, -0.15) is 5.10 Å². The molecule has 1 aromatic heterocycles. The van der Waals surface area contributed by atoms with E-state index in [9.17, 15) is 17.6 Å². The number of piperidine rings is 1. The zero-order valence-corrected chi connectivity index (χ0v) is 24.6. The van der Waals surface area contributed by atoms with Gasteiger partial charge in [-0.25, -0.2) is 17.5 Å². The summed E-state index contributed by atoms with van der Waals surface area (Å²) in [6.45, 7) is 8.50. The van der Waals surface area contributed by atoms with Gasteiger partial charge in [0.05, 0.1) is 18.1 Å². The number of aromatic nitrogens is 2. The first kappa shape index (κ1) is 29.9. The Morgan fingerprint density at radius 3 is 2.31 bits per heavy atom. The van der Waals surface area contributed by atoms with Crippen LogP contribution in [0.3, 0.4) is 0 Å². The molecule has 188 valence electrons. The number of likely N-dealkylation sites (N-methyl/N-ethyl adjacent to an activating group) is 1. The maximum Gasteiger partial charge on any atom is 1.00 e. The number of benzene rings is 1. The van der Waals surface area contributed by atoms with E-state index in [4.69, 9.17) is 0 Å². The standard InChI is InChI=1S/C24H36FN5O3S.Na/c1-15(2)19-10-18(25)11-20(16(3)4)21(19)12-23(31)28-34(32,33)27-22-8-7-9-29(5)24(22)17-13-26-30(6)14-17;/h10-11,13-16,22,24,27H,7-9,12H2,1-6H3,(H,28,31);/q;+1/p-1. The Morgan fingerprint density at radius 1 is 1.20 bits per heavy atom. The molecule has 1 fully saturated rings. The Balaban J connectivity index is 0.00000432. The van der Waals surface area contributed by atoms with E-state index in [1.54, 1.807) is 10.9 Å². The van der Waals surface area contributed by atoms with Crippen molar-refractivity contribution in [3.63, 3.8) is 0 Å². The number of hydrogen-bond donors (Lipinski definition) is 1. The van der Waals surface area contributed by atoms with Gasteiger partial charge in [-0.15, -0.1) is 0 Å². The summed E-state index contributed by atoms with van der Waals surface area (Å²) < 4.78 is 47.8. The Hall–Kier alpha value is -1.30. The predicted octanol–water partition coefficient (Wildman–Crippen LogP) is 0.923. The first-order valence-electron chi connectivity index (χ1n) is 11.7. The molecule has 0 radical (unpaired) electrons. The van der Waals surface area contributed by atoms with Gasteiger partial charge >= 0.3 is 29.6 Å². The average molecular weight is 516 g/mol. The second-order valence-electron chi connectivity index (χ2n) is 9.75. The summed E-state index contributed by atoms with van der Waals surface area (Å²) in [5.74, 6) is -1.19. The minimum atomic E-state index is -4.23. The summed E-state index contributed by atoms with van der Waals surface area (Å²) in [5, 5.41) is 4.21. The number of likely N-dealkylation sites (tertiary alicyclic amines) is 1. The molecule has 0 bridgehead atoms. The first-order valence-corrected chi connectivity index (χ1v) is 13.1. The van der Waals surface area contributed by atoms with E-state index in [1.165, 1.54) is 12.1 Å². The van der Waals surface area contributed by atoms with Crippen molar-refractivity contribution in [1.29, 1.82) is 0 Å². The van der Waals surface area contributed by atoms with Gasteiger partial charge in [-0.3, -0.25) is 9.58 Å². The molecule has 0 aliphatic carbocycles. The van der Waals surface area contributed by atoms with Crippen LogP contribution in [0.4, 0.5) is 4.39 Å². The largest absolute Gasteiger partial charge is 1.00 e. The van der Waals surface area contributed by atoms with Crippen LogP contribution in [-0.4, -0.2) is 48.6 Å². The minimum Gasteiger partial charge on any atom is -0.533 e. The van der Waals surface area contributed by atoms with Crippen LogP contribution < -0.4 is 34.3 Å². The Kier molecular flexibility index (Phi) is 10.5. The van der Waals surface area contributed by atoms with Crippen LogP contribution in [0.2, 0.25) is 0 Å². The smallest absolute Gasteiger partial charge is 0.533 e. The first-order chi connectivity index (χ1) is 15.9. The second-order valence-corrected chi connectivity index (χ2v) is 11.1. The molecule has 1 aromatic carbocycles. The van der Waals surface area contributed by atoms with E-state index in [-0.39, 0.29) is 59.7 Å². The summed E-state index contributed by atoms with van der Waals surface area (Å²) in [6.07, 6.45) is 4.84. The van der Waals surface area contributed by atoms with E-state index < -0.39 is 22.2 Å². The number of hydrogen-bond acceptors (Lipinski definition) is 5. The summed E-state index contributed by atoms with van der Waals surface area (Å²) in [7, 11) is -0.483. The van der Waals surface area contributed by atoms with Crippen LogP contribution in [-0.2, 0) is 28.5 Å². The van der Waals surface area contributed by atoms with Crippen molar-refractivity contribution in [1.82, 2.24) is 19.4 Å². The van der Waals surface area contributed by atoms with E-state index in [0.29, 0.717) is 23.1 Å². The zero-order valence-electron chi connectivity index (χ0n) is 21.7.